The number of nitrogens with one attached hydrogen (secondary N) is 2. The summed E-state index contributed by atoms with van der Waals surface area (Å²) in [6.45, 7) is 0. The zero-order chi connectivity index (χ0) is 19.1. The second-order valence-electron chi connectivity index (χ2n) is 5.80. The van der Waals surface area contributed by atoms with Gasteiger partial charge in [-0.3, -0.25) is 5.41 Å². The van der Waals surface area contributed by atoms with Gasteiger partial charge in [-0.25, -0.2) is 23.7 Å². The van der Waals surface area contributed by atoms with E-state index in [0.717, 1.165) is 0 Å². The van der Waals surface area contributed by atoms with Gasteiger partial charge in [0.15, 0.2) is 11.5 Å². The molecule has 0 saturated heterocycles. The van der Waals surface area contributed by atoms with Gasteiger partial charge < -0.3 is 15.8 Å². The molecule has 9 heteroatoms. The molecule has 0 amide bonds. The number of imidazole rings is 1. The first-order chi connectivity index (χ1) is 12.9. The van der Waals surface area contributed by atoms with Gasteiger partial charge in [0.2, 0.25) is 0 Å². The SMILES string of the molecule is N=C(N)c1nc(-c2cccc(O)c2)nc2c1[nH]c(=O)n2-c1cccc(F)c1. The average molecular weight is 364 g/mol. The molecular formula is C18H13FN6O2. The number of rotatable bonds is 3. The van der Waals surface area contributed by atoms with Gasteiger partial charge in [0.25, 0.3) is 0 Å². The Balaban J connectivity index is 2.08. The van der Waals surface area contributed by atoms with E-state index in [9.17, 15) is 14.3 Å². The van der Waals surface area contributed by atoms with Crippen molar-refractivity contribution in [2.75, 3.05) is 0 Å². The summed E-state index contributed by atoms with van der Waals surface area (Å²) in [5, 5.41) is 17.5. The summed E-state index contributed by atoms with van der Waals surface area (Å²) in [5.41, 5.74) is 6.14. The van der Waals surface area contributed by atoms with Crippen molar-refractivity contribution in [3.05, 3.63) is 70.5 Å². The minimum Gasteiger partial charge on any atom is -0.508 e. The van der Waals surface area contributed by atoms with Gasteiger partial charge in [-0.15, -0.1) is 0 Å². The molecule has 27 heavy (non-hydrogen) atoms. The summed E-state index contributed by atoms with van der Waals surface area (Å²) in [7, 11) is 0. The molecule has 134 valence electrons. The van der Waals surface area contributed by atoms with Gasteiger partial charge in [0.05, 0.1) is 5.69 Å². The second kappa shape index (κ2) is 6.06. The lowest BCUT2D eigenvalue weighted by atomic mass is 10.2. The lowest BCUT2D eigenvalue weighted by Crippen LogP contribution is -2.15. The van der Waals surface area contributed by atoms with Crippen molar-refractivity contribution in [1.29, 1.82) is 5.41 Å². The zero-order valence-electron chi connectivity index (χ0n) is 13.8. The number of nitrogens with two attached hydrogens (primary N) is 1. The van der Waals surface area contributed by atoms with Crippen LogP contribution in [0.15, 0.2) is 53.3 Å². The van der Waals surface area contributed by atoms with E-state index in [1.807, 2.05) is 0 Å². The molecule has 0 spiro atoms. The first-order valence-electron chi connectivity index (χ1n) is 7.86. The maximum atomic E-state index is 13.6. The van der Waals surface area contributed by atoms with Gasteiger partial charge in [-0.2, -0.15) is 0 Å². The largest absolute Gasteiger partial charge is 0.508 e. The van der Waals surface area contributed by atoms with Crippen molar-refractivity contribution in [3.63, 3.8) is 0 Å². The van der Waals surface area contributed by atoms with E-state index in [1.54, 1.807) is 18.2 Å². The zero-order valence-corrected chi connectivity index (χ0v) is 13.8. The number of hydrogen-bond donors (Lipinski definition) is 4. The van der Waals surface area contributed by atoms with Crippen molar-refractivity contribution in [2.45, 2.75) is 0 Å². The van der Waals surface area contributed by atoms with Crippen LogP contribution in [-0.4, -0.2) is 30.5 Å². The molecule has 4 rings (SSSR count). The highest BCUT2D eigenvalue weighted by Gasteiger charge is 2.19. The second-order valence-corrected chi connectivity index (χ2v) is 5.80. The number of phenols is 1. The Morgan fingerprint density at radius 1 is 1.19 bits per heavy atom. The number of amidine groups is 1. The van der Waals surface area contributed by atoms with Crippen molar-refractivity contribution >= 4 is 17.0 Å². The predicted molar refractivity (Wildman–Crippen MR) is 97.6 cm³/mol. The van der Waals surface area contributed by atoms with E-state index < -0.39 is 11.5 Å². The van der Waals surface area contributed by atoms with E-state index in [2.05, 4.69) is 15.0 Å². The van der Waals surface area contributed by atoms with Crippen LogP contribution in [0, 0.1) is 11.2 Å². The molecule has 0 atom stereocenters. The maximum absolute atomic E-state index is 13.6. The van der Waals surface area contributed by atoms with Crippen LogP contribution < -0.4 is 11.4 Å². The van der Waals surface area contributed by atoms with Crippen LogP contribution in [0.3, 0.4) is 0 Å². The Hall–Kier alpha value is -4.01. The Bertz CT molecular complexity index is 1260. The average Bonchev–Trinajstić information content (AvgIpc) is 2.96. The lowest BCUT2D eigenvalue weighted by Gasteiger charge is -2.07. The third-order valence-corrected chi connectivity index (χ3v) is 3.96. The van der Waals surface area contributed by atoms with Crippen LogP contribution in [0.2, 0.25) is 0 Å². The fourth-order valence-corrected chi connectivity index (χ4v) is 2.81. The number of halogens is 1. The number of aromatic amines is 1. The number of aromatic nitrogens is 4. The van der Waals surface area contributed by atoms with Gasteiger partial charge in [0.1, 0.15) is 28.6 Å². The molecule has 2 aromatic carbocycles. The van der Waals surface area contributed by atoms with Crippen molar-refractivity contribution in [2.24, 2.45) is 5.73 Å². The monoisotopic (exact) mass is 364 g/mol. The molecule has 0 aliphatic rings. The number of benzene rings is 2. The van der Waals surface area contributed by atoms with E-state index in [0.29, 0.717) is 5.56 Å². The molecule has 5 N–H and O–H groups in total. The quantitative estimate of drug-likeness (QED) is 0.325. The number of H-pyrrole nitrogens is 1. The Kier molecular flexibility index (Phi) is 3.69. The highest BCUT2D eigenvalue weighted by atomic mass is 19.1. The van der Waals surface area contributed by atoms with Crippen LogP contribution in [0.25, 0.3) is 28.2 Å². The number of hydrogen-bond acceptors (Lipinski definition) is 5. The van der Waals surface area contributed by atoms with Crippen molar-refractivity contribution in [3.8, 4) is 22.8 Å². The van der Waals surface area contributed by atoms with Crippen LogP contribution in [0.1, 0.15) is 5.69 Å². The first-order valence-corrected chi connectivity index (χ1v) is 7.86. The predicted octanol–water partition coefficient (Wildman–Crippen LogP) is 1.90. The molecule has 2 aromatic heterocycles. The third kappa shape index (κ3) is 2.80. The number of fused-ring (bicyclic) bond motifs is 1. The number of phenolic OH excluding ortho intramolecular Hbond substituents is 1. The smallest absolute Gasteiger partial charge is 0.332 e. The van der Waals surface area contributed by atoms with E-state index in [-0.39, 0.29) is 40.0 Å². The molecule has 4 aromatic rings. The van der Waals surface area contributed by atoms with Crippen LogP contribution in [0.4, 0.5) is 4.39 Å². The number of nitrogen functional groups attached to an aromatic ring is 1. The molecule has 2 heterocycles. The molecular weight excluding hydrogens is 351 g/mol. The van der Waals surface area contributed by atoms with Crippen molar-refractivity contribution < 1.29 is 9.50 Å². The minimum absolute atomic E-state index is 0.0113. The molecule has 0 aliphatic heterocycles. The Morgan fingerprint density at radius 3 is 2.67 bits per heavy atom. The molecule has 0 fully saturated rings. The molecule has 0 saturated carbocycles. The highest BCUT2D eigenvalue weighted by Crippen LogP contribution is 2.24. The number of aromatic hydroxyl groups is 1. The summed E-state index contributed by atoms with van der Waals surface area (Å²) in [4.78, 5) is 23.7. The molecule has 0 aliphatic carbocycles. The fourth-order valence-electron chi connectivity index (χ4n) is 2.81. The van der Waals surface area contributed by atoms with Gasteiger partial charge >= 0.3 is 5.69 Å². The topological polar surface area (TPSA) is 134 Å². The minimum atomic E-state index is -0.569. The van der Waals surface area contributed by atoms with E-state index in [1.165, 1.54) is 34.9 Å². The Morgan fingerprint density at radius 2 is 1.96 bits per heavy atom. The normalized spacial score (nSPS) is 11.0. The summed E-state index contributed by atoms with van der Waals surface area (Å²) < 4.78 is 14.8. The van der Waals surface area contributed by atoms with Crippen LogP contribution in [0.5, 0.6) is 5.75 Å². The summed E-state index contributed by atoms with van der Waals surface area (Å²) in [6, 6.07) is 11.7. The van der Waals surface area contributed by atoms with Crippen LogP contribution >= 0.6 is 0 Å². The summed E-state index contributed by atoms with van der Waals surface area (Å²) in [6.07, 6.45) is 0. The van der Waals surface area contributed by atoms with Gasteiger partial charge in [-0.1, -0.05) is 18.2 Å². The molecule has 8 nitrogen and oxygen atoms in total. The van der Waals surface area contributed by atoms with Gasteiger partial charge in [0, 0.05) is 5.56 Å². The Labute approximate surface area is 151 Å². The highest BCUT2D eigenvalue weighted by molar-refractivity contribution is 6.03. The van der Waals surface area contributed by atoms with Crippen molar-refractivity contribution in [1.82, 2.24) is 19.5 Å². The lowest BCUT2D eigenvalue weighted by molar-refractivity contribution is 0.475. The third-order valence-electron chi connectivity index (χ3n) is 3.96. The molecule has 0 bridgehead atoms. The molecule has 0 radical (unpaired) electrons. The standard InChI is InChI=1S/C18H13FN6O2/c19-10-4-2-5-11(8-10)25-17-14(23-18(25)27)13(15(20)21)22-16(24-17)9-3-1-6-12(26)7-9/h1-8,26H,(H3,20,21)(H,23,27). The summed E-state index contributed by atoms with van der Waals surface area (Å²) >= 11 is 0. The fraction of sp³-hybridized carbons (Fsp3) is 0. The maximum Gasteiger partial charge on any atom is 0.332 e. The molecule has 0 unspecified atom stereocenters. The van der Waals surface area contributed by atoms with Gasteiger partial charge in [-0.05, 0) is 30.3 Å². The number of nitrogens with zero attached hydrogens (tertiary/aromatic N) is 3. The van der Waals surface area contributed by atoms with E-state index in [4.69, 9.17) is 11.1 Å². The van der Waals surface area contributed by atoms with E-state index >= 15 is 0 Å². The summed E-state index contributed by atoms with van der Waals surface area (Å²) in [5.74, 6) is -0.704. The van der Waals surface area contributed by atoms with Crippen LogP contribution in [-0.2, 0) is 0 Å². The first kappa shape index (κ1) is 16.5.